The van der Waals surface area contributed by atoms with Crippen molar-refractivity contribution in [3.63, 3.8) is 0 Å². The Morgan fingerprint density at radius 2 is 2.03 bits per heavy atom. The smallest absolute Gasteiger partial charge is 0.386 e. The molecule has 0 bridgehead atoms. The molecule has 1 atom stereocenters. The van der Waals surface area contributed by atoms with E-state index in [0.29, 0.717) is 11.1 Å². The van der Waals surface area contributed by atoms with Crippen molar-refractivity contribution in [2.45, 2.75) is 18.9 Å². The predicted molar refractivity (Wildman–Crippen MR) is 97.6 cm³/mol. The molecule has 4 rings (SSSR count). The lowest BCUT2D eigenvalue weighted by Crippen LogP contribution is -2.26. The maximum atomic E-state index is 13.6. The zero-order chi connectivity index (χ0) is 20.8. The summed E-state index contributed by atoms with van der Waals surface area (Å²) >= 11 is 5.66. The first kappa shape index (κ1) is 19.2. The van der Waals surface area contributed by atoms with E-state index >= 15 is 0 Å². The molecule has 1 aromatic heterocycles. The number of aromatic nitrogens is 1. The molecule has 2 heterocycles. The highest BCUT2D eigenvalue weighted by Gasteiger charge is 2.36. The van der Waals surface area contributed by atoms with Crippen molar-refractivity contribution in [1.29, 1.82) is 5.26 Å². The van der Waals surface area contributed by atoms with E-state index in [9.17, 15) is 17.6 Å². The number of hydrogen-bond acceptors (Lipinski definition) is 4. The van der Waals surface area contributed by atoms with Crippen LogP contribution in [0.1, 0.15) is 16.7 Å². The highest BCUT2D eigenvalue weighted by Crippen LogP contribution is 2.37. The first-order chi connectivity index (χ1) is 13.8. The Bertz CT molecular complexity index is 1180. The Balaban J connectivity index is 1.65. The van der Waals surface area contributed by atoms with Gasteiger partial charge < -0.3 is 9.40 Å². The minimum absolute atomic E-state index is 0.0344. The van der Waals surface area contributed by atoms with Crippen LogP contribution >= 0.6 is 11.6 Å². The standard InChI is InChI=1S/C19H11ClF4N4O/c20-13-3-1-10(7-14(13)21)18-26-16(27-29-18)9-28-6-5-12-15(28)4-2-11(8-25)17(12)19(22,23)24/h1-7,16,27H,9H2. The molecule has 5 nitrogen and oxygen atoms in total. The quantitative estimate of drug-likeness (QED) is 0.626. The lowest BCUT2D eigenvalue weighted by molar-refractivity contribution is -0.136. The van der Waals surface area contributed by atoms with Gasteiger partial charge in [-0.2, -0.15) is 18.4 Å². The summed E-state index contributed by atoms with van der Waals surface area (Å²) in [4.78, 5) is 9.57. The molecule has 148 valence electrons. The minimum Gasteiger partial charge on any atom is -0.386 e. The van der Waals surface area contributed by atoms with E-state index in [-0.39, 0.29) is 22.9 Å². The molecule has 2 aromatic carbocycles. The van der Waals surface area contributed by atoms with Crippen molar-refractivity contribution in [3.05, 3.63) is 70.1 Å². The first-order valence-electron chi connectivity index (χ1n) is 8.32. The van der Waals surface area contributed by atoms with E-state index < -0.39 is 29.3 Å². The number of fused-ring (bicyclic) bond motifs is 1. The molecule has 0 radical (unpaired) electrons. The number of halogens is 5. The second-order valence-corrected chi connectivity index (χ2v) is 6.70. The van der Waals surface area contributed by atoms with Crippen LogP contribution in [0.25, 0.3) is 10.9 Å². The largest absolute Gasteiger partial charge is 0.418 e. The zero-order valence-electron chi connectivity index (χ0n) is 14.5. The van der Waals surface area contributed by atoms with Crippen molar-refractivity contribution in [1.82, 2.24) is 10.0 Å². The van der Waals surface area contributed by atoms with Gasteiger partial charge in [0.15, 0.2) is 6.17 Å². The third-order valence-electron chi connectivity index (χ3n) is 4.46. The van der Waals surface area contributed by atoms with Gasteiger partial charge in [0.2, 0.25) is 5.90 Å². The molecule has 3 aromatic rings. The van der Waals surface area contributed by atoms with Crippen LogP contribution in [0.5, 0.6) is 0 Å². The molecule has 0 amide bonds. The lowest BCUT2D eigenvalue weighted by Gasteiger charge is -2.12. The van der Waals surface area contributed by atoms with Gasteiger partial charge in [-0.05, 0) is 36.4 Å². The van der Waals surface area contributed by atoms with Gasteiger partial charge in [-0.1, -0.05) is 11.6 Å². The Morgan fingerprint density at radius 1 is 1.24 bits per heavy atom. The topological polar surface area (TPSA) is 62.3 Å². The van der Waals surface area contributed by atoms with Crippen LogP contribution in [0.2, 0.25) is 5.02 Å². The van der Waals surface area contributed by atoms with Crippen molar-refractivity contribution in [2.24, 2.45) is 4.99 Å². The molecule has 0 fully saturated rings. The highest BCUT2D eigenvalue weighted by molar-refractivity contribution is 6.30. The van der Waals surface area contributed by atoms with E-state index in [4.69, 9.17) is 21.7 Å². The molecule has 1 aliphatic heterocycles. The van der Waals surface area contributed by atoms with E-state index in [1.54, 1.807) is 16.7 Å². The Labute approximate surface area is 166 Å². The molecule has 0 aliphatic carbocycles. The normalized spacial score (nSPS) is 16.6. The minimum atomic E-state index is -4.66. The Kier molecular flexibility index (Phi) is 4.68. The van der Waals surface area contributed by atoms with E-state index in [1.165, 1.54) is 30.5 Å². The number of alkyl halides is 3. The van der Waals surface area contributed by atoms with Crippen molar-refractivity contribution < 1.29 is 22.4 Å². The summed E-state index contributed by atoms with van der Waals surface area (Å²) in [7, 11) is 0. The SMILES string of the molecule is N#Cc1ccc2c(ccn2CC2N=C(c3ccc(Cl)c(F)c3)ON2)c1C(F)(F)F. The summed E-state index contributed by atoms with van der Waals surface area (Å²) in [6.45, 7) is 0.159. The summed E-state index contributed by atoms with van der Waals surface area (Å²) in [6.07, 6.45) is -3.78. The molecular formula is C19H11ClF4N4O. The number of hydroxylamine groups is 1. The maximum absolute atomic E-state index is 13.6. The third-order valence-corrected chi connectivity index (χ3v) is 4.76. The van der Waals surface area contributed by atoms with Crippen molar-refractivity contribution in [2.75, 3.05) is 0 Å². The number of aliphatic imine (C=N–C) groups is 1. The van der Waals surface area contributed by atoms with Crippen LogP contribution in [-0.4, -0.2) is 16.6 Å². The van der Waals surface area contributed by atoms with Crippen LogP contribution in [0.4, 0.5) is 17.6 Å². The molecule has 1 aliphatic rings. The number of nitrogens with one attached hydrogen (secondary N) is 1. The summed E-state index contributed by atoms with van der Waals surface area (Å²) in [6, 6.07) is 9.59. The molecule has 0 spiro atoms. The maximum Gasteiger partial charge on any atom is 0.418 e. The number of nitrogens with zero attached hydrogens (tertiary/aromatic N) is 3. The Morgan fingerprint density at radius 3 is 2.72 bits per heavy atom. The van der Waals surface area contributed by atoms with Crippen LogP contribution in [0, 0.1) is 17.1 Å². The van der Waals surface area contributed by atoms with E-state index in [0.717, 1.165) is 6.07 Å². The van der Waals surface area contributed by atoms with Gasteiger partial charge in [-0.25, -0.2) is 9.38 Å². The number of benzene rings is 2. The molecule has 1 unspecified atom stereocenters. The number of rotatable bonds is 3. The van der Waals surface area contributed by atoms with Crippen LogP contribution in [0.3, 0.4) is 0 Å². The monoisotopic (exact) mass is 422 g/mol. The molecule has 0 saturated carbocycles. The van der Waals surface area contributed by atoms with Gasteiger partial charge in [0.25, 0.3) is 0 Å². The molecule has 29 heavy (non-hydrogen) atoms. The summed E-state index contributed by atoms with van der Waals surface area (Å²) in [5.74, 6) is -0.479. The summed E-state index contributed by atoms with van der Waals surface area (Å²) < 4.78 is 55.5. The molecule has 0 saturated heterocycles. The average Bonchev–Trinajstić information content (AvgIpc) is 3.30. The second kappa shape index (κ2) is 7.06. The number of nitriles is 1. The van der Waals surface area contributed by atoms with Crippen molar-refractivity contribution >= 4 is 28.4 Å². The zero-order valence-corrected chi connectivity index (χ0v) is 15.2. The van der Waals surface area contributed by atoms with Crippen LogP contribution < -0.4 is 5.48 Å². The fourth-order valence-corrected chi connectivity index (χ4v) is 3.29. The van der Waals surface area contributed by atoms with E-state index in [1.807, 2.05) is 0 Å². The predicted octanol–water partition coefficient (Wildman–Crippen LogP) is 4.63. The molecule has 10 heteroatoms. The molecule has 1 N–H and O–H groups in total. The van der Waals surface area contributed by atoms with Gasteiger partial charge >= 0.3 is 6.18 Å². The first-order valence-corrected chi connectivity index (χ1v) is 8.70. The van der Waals surface area contributed by atoms with E-state index in [2.05, 4.69) is 10.5 Å². The summed E-state index contributed by atoms with van der Waals surface area (Å²) in [5.41, 5.74) is 1.93. The fraction of sp³-hybridized carbons (Fsp3) is 0.158. The van der Waals surface area contributed by atoms with Gasteiger partial charge in [-0.3, -0.25) is 0 Å². The lowest BCUT2D eigenvalue weighted by atomic mass is 10.0. The molecular weight excluding hydrogens is 412 g/mol. The highest BCUT2D eigenvalue weighted by atomic mass is 35.5. The second-order valence-electron chi connectivity index (χ2n) is 6.30. The van der Waals surface area contributed by atoms with Gasteiger partial charge in [0, 0.05) is 22.7 Å². The average molecular weight is 423 g/mol. The van der Waals surface area contributed by atoms with Crippen molar-refractivity contribution in [3.8, 4) is 6.07 Å². The number of hydrogen-bond donors (Lipinski definition) is 1. The third kappa shape index (κ3) is 3.52. The fourth-order valence-electron chi connectivity index (χ4n) is 3.18. The van der Waals surface area contributed by atoms with Gasteiger partial charge in [-0.15, -0.1) is 5.48 Å². The van der Waals surface area contributed by atoms with Crippen LogP contribution in [-0.2, 0) is 17.6 Å². The summed E-state index contributed by atoms with van der Waals surface area (Å²) in [5, 5.41) is 8.91. The Hall–Kier alpha value is -3.09. The van der Waals surface area contributed by atoms with Gasteiger partial charge in [0.05, 0.1) is 28.8 Å². The van der Waals surface area contributed by atoms with Gasteiger partial charge in [0.1, 0.15) is 5.82 Å². The van der Waals surface area contributed by atoms with Crippen LogP contribution in [0.15, 0.2) is 47.6 Å².